The molecule has 0 radical (unpaired) electrons. The first-order valence-electron chi connectivity index (χ1n) is 8.99. The Morgan fingerprint density at radius 2 is 2.08 bits per heavy atom. The highest BCUT2D eigenvalue weighted by Crippen LogP contribution is 2.38. The molecule has 1 saturated carbocycles. The van der Waals surface area contributed by atoms with Gasteiger partial charge in [-0.2, -0.15) is 0 Å². The fourth-order valence-corrected chi connectivity index (χ4v) is 3.84. The largest absolute Gasteiger partial charge is 0.477 e. The van der Waals surface area contributed by atoms with Crippen molar-refractivity contribution in [2.45, 2.75) is 38.3 Å². The van der Waals surface area contributed by atoms with E-state index in [2.05, 4.69) is 0 Å². The number of hydrogen-bond donors (Lipinski definition) is 2. The summed E-state index contributed by atoms with van der Waals surface area (Å²) in [5.74, 6) is -1.47. The third kappa shape index (κ3) is 2.76. The van der Waals surface area contributed by atoms with Crippen molar-refractivity contribution < 1.29 is 14.3 Å². The molecule has 138 valence electrons. The third-order valence-corrected chi connectivity index (χ3v) is 5.58. The van der Waals surface area contributed by atoms with Crippen molar-refractivity contribution in [2.24, 2.45) is 11.7 Å². The highest BCUT2D eigenvalue weighted by atomic mass is 19.1. The Kier molecular flexibility index (Phi) is 3.99. The monoisotopic (exact) mass is 359 g/mol. The lowest BCUT2D eigenvalue weighted by Crippen LogP contribution is -2.30. The topological polar surface area (TPSA) is 88.6 Å². The normalized spacial score (nSPS) is 21.3. The Hall–Kier alpha value is -2.41. The molecule has 26 heavy (non-hydrogen) atoms. The molecule has 2 aliphatic rings. The maximum absolute atomic E-state index is 14.8. The molecule has 0 amide bonds. The van der Waals surface area contributed by atoms with Gasteiger partial charge in [-0.05, 0) is 44.2 Å². The second-order valence-electron chi connectivity index (χ2n) is 7.49. The molecule has 4 rings (SSSR count). The standard InChI is InChI=1S/C19H22FN3O3/c1-10(21)11-4-5-22(8-11)17-7-16-13(6-15(17)20)18(24)14(19(25)26)9-23(16)12-2-3-12/h6-7,9-12H,2-5,8,21H2,1H3,(H,25,26)/t10-,11+/m1/s1. The van der Waals surface area contributed by atoms with Crippen LogP contribution in [0.5, 0.6) is 0 Å². The molecule has 0 bridgehead atoms. The van der Waals surface area contributed by atoms with E-state index in [0.717, 1.165) is 25.8 Å². The fraction of sp³-hybridized carbons (Fsp3) is 0.474. The number of aromatic carboxylic acids is 1. The van der Waals surface area contributed by atoms with Gasteiger partial charge in [-0.3, -0.25) is 4.79 Å². The Labute approximate surface area is 150 Å². The van der Waals surface area contributed by atoms with Gasteiger partial charge in [0, 0.05) is 36.8 Å². The van der Waals surface area contributed by atoms with Crippen molar-refractivity contribution >= 4 is 22.6 Å². The zero-order valence-corrected chi connectivity index (χ0v) is 14.6. The van der Waals surface area contributed by atoms with Crippen molar-refractivity contribution in [2.75, 3.05) is 18.0 Å². The second-order valence-corrected chi connectivity index (χ2v) is 7.49. The quantitative estimate of drug-likeness (QED) is 0.875. The number of carboxylic acids is 1. The number of aromatic nitrogens is 1. The first kappa shape index (κ1) is 17.0. The zero-order chi connectivity index (χ0) is 18.6. The van der Waals surface area contributed by atoms with Crippen LogP contribution >= 0.6 is 0 Å². The van der Waals surface area contributed by atoms with Crippen LogP contribution in [-0.4, -0.2) is 34.8 Å². The van der Waals surface area contributed by atoms with E-state index in [-0.39, 0.29) is 23.0 Å². The Bertz CT molecular complexity index is 949. The molecule has 1 aromatic heterocycles. The van der Waals surface area contributed by atoms with Crippen molar-refractivity contribution in [3.63, 3.8) is 0 Å². The van der Waals surface area contributed by atoms with E-state index < -0.39 is 17.2 Å². The highest BCUT2D eigenvalue weighted by molar-refractivity contribution is 5.93. The molecule has 1 aliphatic heterocycles. The molecule has 3 N–H and O–H groups in total. The Balaban J connectivity index is 1.86. The average molecular weight is 359 g/mol. The molecule has 1 aromatic carbocycles. The van der Waals surface area contributed by atoms with Gasteiger partial charge in [0.15, 0.2) is 0 Å². The number of rotatable bonds is 4. The zero-order valence-electron chi connectivity index (χ0n) is 14.6. The number of fused-ring (bicyclic) bond motifs is 1. The van der Waals surface area contributed by atoms with E-state index in [4.69, 9.17) is 5.73 Å². The minimum Gasteiger partial charge on any atom is -0.477 e. The van der Waals surface area contributed by atoms with Crippen LogP contribution in [0.3, 0.4) is 0 Å². The van der Waals surface area contributed by atoms with Crippen LogP contribution in [0.25, 0.3) is 10.9 Å². The number of pyridine rings is 1. The molecule has 2 aromatic rings. The lowest BCUT2D eigenvalue weighted by molar-refractivity contribution is 0.0695. The van der Waals surface area contributed by atoms with Gasteiger partial charge >= 0.3 is 5.97 Å². The maximum Gasteiger partial charge on any atom is 0.341 e. The van der Waals surface area contributed by atoms with Gasteiger partial charge in [-0.1, -0.05) is 0 Å². The summed E-state index contributed by atoms with van der Waals surface area (Å²) in [5, 5.41) is 9.43. The number of nitrogens with two attached hydrogens (primary N) is 1. The van der Waals surface area contributed by atoms with Crippen molar-refractivity contribution in [1.82, 2.24) is 4.57 Å². The van der Waals surface area contributed by atoms with Crippen LogP contribution in [-0.2, 0) is 0 Å². The average Bonchev–Trinajstić information content (AvgIpc) is 3.30. The molecular formula is C19H22FN3O3. The van der Waals surface area contributed by atoms with E-state index in [0.29, 0.717) is 23.7 Å². The molecule has 7 heteroatoms. The first-order valence-corrected chi connectivity index (χ1v) is 8.99. The van der Waals surface area contributed by atoms with Crippen LogP contribution in [0.2, 0.25) is 0 Å². The fourth-order valence-electron chi connectivity index (χ4n) is 3.84. The van der Waals surface area contributed by atoms with Gasteiger partial charge in [0.2, 0.25) is 5.43 Å². The number of benzene rings is 1. The number of anilines is 1. The van der Waals surface area contributed by atoms with Gasteiger partial charge in [-0.15, -0.1) is 0 Å². The smallest absolute Gasteiger partial charge is 0.341 e. The van der Waals surface area contributed by atoms with Crippen molar-refractivity contribution in [3.8, 4) is 0 Å². The number of halogens is 1. The Morgan fingerprint density at radius 1 is 1.35 bits per heavy atom. The van der Waals surface area contributed by atoms with E-state index in [1.165, 1.54) is 12.3 Å². The molecular weight excluding hydrogens is 337 g/mol. The van der Waals surface area contributed by atoms with Gasteiger partial charge < -0.3 is 20.3 Å². The van der Waals surface area contributed by atoms with E-state index in [1.807, 2.05) is 16.4 Å². The van der Waals surface area contributed by atoms with Gasteiger partial charge in [-0.25, -0.2) is 9.18 Å². The number of nitrogens with zero attached hydrogens (tertiary/aromatic N) is 2. The SMILES string of the molecule is C[C@@H](N)[C@H]1CCN(c2cc3c(cc2F)c(=O)c(C(=O)O)cn3C2CC2)C1. The van der Waals surface area contributed by atoms with Crippen LogP contribution in [0.4, 0.5) is 10.1 Å². The summed E-state index contributed by atoms with van der Waals surface area (Å²) in [6, 6.07) is 3.10. The highest BCUT2D eigenvalue weighted by Gasteiger charge is 2.30. The van der Waals surface area contributed by atoms with Crippen LogP contribution in [0, 0.1) is 11.7 Å². The molecule has 1 saturated heterocycles. The molecule has 0 unspecified atom stereocenters. The van der Waals surface area contributed by atoms with Gasteiger partial charge in [0.1, 0.15) is 11.4 Å². The summed E-state index contributed by atoms with van der Waals surface area (Å²) >= 11 is 0. The molecule has 1 aliphatic carbocycles. The van der Waals surface area contributed by atoms with Gasteiger partial charge in [0.25, 0.3) is 0 Å². The van der Waals surface area contributed by atoms with Crippen molar-refractivity contribution in [3.05, 3.63) is 39.9 Å². The molecule has 2 fully saturated rings. The lowest BCUT2D eigenvalue weighted by atomic mass is 10.0. The first-order chi connectivity index (χ1) is 12.4. The Morgan fingerprint density at radius 3 is 2.65 bits per heavy atom. The van der Waals surface area contributed by atoms with Crippen LogP contribution in [0.1, 0.15) is 42.6 Å². The van der Waals surface area contributed by atoms with Crippen LogP contribution in [0.15, 0.2) is 23.1 Å². The molecule has 2 atom stereocenters. The van der Waals surface area contributed by atoms with E-state index in [9.17, 15) is 19.1 Å². The maximum atomic E-state index is 14.8. The van der Waals surface area contributed by atoms with Crippen molar-refractivity contribution in [1.29, 1.82) is 0 Å². The number of carbonyl (C=O) groups is 1. The summed E-state index contributed by atoms with van der Waals surface area (Å²) in [7, 11) is 0. The minimum atomic E-state index is -1.28. The van der Waals surface area contributed by atoms with Crippen LogP contribution < -0.4 is 16.1 Å². The second kappa shape index (κ2) is 6.09. The number of hydrogen-bond acceptors (Lipinski definition) is 4. The van der Waals surface area contributed by atoms with E-state index in [1.54, 1.807) is 6.07 Å². The molecule has 2 heterocycles. The predicted octanol–water partition coefficient (Wildman–Crippen LogP) is 2.35. The number of carboxylic acid groups (broad SMARTS) is 1. The van der Waals surface area contributed by atoms with E-state index >= 15 is 0 Å². The minimum absolute atomic E-state index is 0.0475. The summed E-state index contributed by atoms with van der Waals surface area (Å²) in [6.07, 6.45) is 4.17. The summed E-state index contributed by atoms with van der Waals surface area (Å²) in [5.41, 5.74) is 6.09. The lowest BCUT2D eigenvalue weighted by Gasteiger charge is -2.22. The van der Waals surface area contributed by atoms with Gasteiger partial charge in [0.05, 0.1) is 11.2 Å². The molecule has 6 nitrogen and oxygen atoms in total. The predicted molar refractivity (Wildman–Crippen MR) is 97.4 cm³/mol. The summed E-state index contributed by atoms with van der Waals surface area (Å²) < 4.78 is 16.6. The molecule has 0 spiro atoms. The summed E-state index contributed by atoms with van der Waals surface area (Å²) in [4.78, 5) is 25.9. The summed E-state index contributed by atoms with van der Waals surface area (Å²) in [6.45, 7) is 3.36. The third-order valence-electron chi connectivity index (χ3n) is 5.58.